The zero-order valence-corrected chi connectivity index (χ0v) is 11.9. The van der Waals surface area contributed by atoms with E-state index in [0.29, 0.717) is 6.42 Å². The normalized spacial score (nSPS) is 19.0. The van der Waals surface area contributed by atoms with E-state index >= 15 is 0 Å². The Hall–Kier alpha value is -2.78. The van der Waals surface area contributed by atoms with Gasteiger partial charge in [0.25, 0.3) is 5.91 Å². The summed E-state index contributed by atoms with van der Waals surface area (Å²) in [6.07, 6.45) is -0.500. The molecule has 2 N–H and O–H groups in total. The third kappa shape index (κ3) is 2.67. The molecule has 0 aromatic heterocycles. The Morgan fingerprint density at radius 3 is 2.57 bits per heavy atom. The minimum Gasteiger partial charge on any atom is -0.390 e. The zero-order valence-electron chi connectivity index (χ0n) is 11.9. The number of amides is 1. The second-order valence-electron chi connectivity index (χ2n) is 5.35. The fourth-order valence-electron chi connectivity index (χ4n) is 2.82. The van der Waals surface area contributed by atoms with Crippen LogP contribution >= 0.6 is 0 Å². The summed E-state index contributed by atoms with van der Waals surface area (Å²) in [6, 6.07) is 9.65. The maximum Gasteiger partial charge on any atom is 0.257 e. The van der Waals surface area contributed by atoms with Crippen LogP contribution in [0.3, 0.4) is 0 Å². The maximum atomic E-state index is 13.9. The summed E-state index contributed by atoms with van der Waals surface area (Å²) in [6.45, 7) is 0. The molecule has 0 unspecified atom stereocenters. The molecule has 0 heterocycles. The molecule has 6 heteroatoms. The molecule has 0 saturated heterocycles. The molecule has 116 valence electrons. The standard InChI is InChI=1S/C17H12F2N2O2/c18-12-5-9(8-20)6-13(19)15(12)17(23)21-16-11-4-2-1-3-10(11)7-14(16)22/h1-6,14,16,22H,7H2,(H,21,23)/t14-,16+/m1/s1. The van der Waals surface area contributed by atoms with E-state index in [1.165, 1.54) is 0 Å². The van der Waals surface area contributed by atoms with Gasteiger partial charge >= 0.3 is 0 Å². The van der Waals surface area contributed by atoms with Crippen LogP contribution in [0.15, 0.2) is 36.4 Å². The van der Waals surface area contributed by atoms with E-state index in [0.717, 1.165) is 23.3 Å². The van der Waals surface area contributed by atoms with Crippen LogP contribution in [0.1, 0.15) is 33.1 Å². The molecule has 2 aromatic carbocycles. The Morgan fingerprint density at radius 1 is 1.26 bits per heavy atom. The van der Waals surface area contributed by atoms with E-state index < -0.39 is 35.3 Å². The number of benzene rings is 2. The van der Waals surface area contributed by atoms with Gasteiger partial charge < -0.3 is 10.4 Å². The fourth-order valence-corrected chi connectivity index (χ4v) is 2.82. The summed E-state index contributed by atoms with van der Waals surface area (Å²) in [4.78, 5) is 12.2. The van der Waals surface area contributed by atoms with Gasteiger partial charge in [0, 0.05) is 6.42 Å². The number of nitriles is 1. The van der Waals surface area contributed by atoms with Crippen molar-refractivity contribution in [2.45, 2.75) is 18.6 Å². The zero-order chi connectivity index (χ0) is 16.6. The van der Waals surface area contributed by atoms with Gasteiger partial charge in [0.1, 0.15) is 17.2 Å². The molecule has 3 rings (SSSR count). The van der Waals surface area contributed by atoms with Crippen molar-refractivity contribution >= 4 is 5.91 Å². The second kappa shape index (κ2) is 5.78. The molecule has 2 aromatic rings. The number of halogens is 2. The van der Waals surface area contributed by atoms with E-state index in [4.69, 9.17) is 5.26 Å². The van der Waals surface area contributed by atoms with E-state index in [1.54, 1.807) is 18.2 Å². The SMILES string of the molecule is N#Cc1cc(F)c(C(=O)N[C@H]2c3ccccc3C[C@H]2O)c(F)c1. The van der Waals surface area contributed by atoms with E-state index in [-0.39, 0.29) is 5.56 Å². The Balaban J connectivity index is 1.90. The Morgan fingerprint density at radius 2 is 1.91 bits per heavy atom. The molecule has 0 aliphatic heterocycles. The minimum absolute atomic E-state index is 0.206. The maximum absolute atomic E-state index is 13.9. The number of aliphatic hydroxyl groups excluding tert-OH is 1. The number of carbonyl (C=O) groups excluding carboxylic acids is 1. The van der Waals surface area contributed by atoms with Gasteiger partial charge in [0.2, 0.25) is 0 Å². The van der Waals surface area contributed by atoms with Crippen molar-refractivity contribution in [3.8, 4) is 6.07 Å². The first kappa shape index (κ1) is 15.1. The molecule has 1 amide bonds. The average molecular weight is 314 g/mol. The molecular weight excluding hydrogens is 302 g/mol. The Kier molecular flexibility index (Phi) is 3.80. The number of nitrogens with one attached hydrogen (secondary N) is 1. The van der Waals surface area contributed by atoms with E-state index in [2.05, 4.69) is 5.32 Å². The van der Waals surface area contributed by atoms with Crippen molar-refractivity contribution in [2.75, 3.05) is 0 Å². The number of hydrogen-bond acceptors (Lipinski definition) is 3. The van der Waals surface area contributed by atoms with Crippen LogP contribution in [0.4, 0.5) is 8.78 Å². The lowest BCUT2D eigenvalue weighted by Crippen LogP contribution is -2.34. The van der Waals surface area contributed by atoms with Crippen LogP contribution in [-0.2, 0) is 6.42 Å². The van der Waals surface area contributed by atoms with Crippen LogP contribution in [-0.4, -0.2) is 17.1 Å². The summed E-state index contributed by atoms with van der Waals surface area (Å²) in [7, 11) is 0. The van der Waals surface area contributed by atoms with Gasteiger partial charge in [-0.1, -0.05) is 24.3 Å². The number of aliphatic hydroxyl groups is 1. The van der Waals surface area contributed by atoms with Gasteiger partial charge in [-0.3, -0.25) is 4.79 Å². The largest absolute Gasteiger partial charge is 0.390 e. The predicted octanol–water partition coefficient (Wildman–Crippen LogP) is 2.22. The van der Waals surface area contributed by atoms with Gasteiger partial charge in [0.05, 0.1) is 23.8 Å². The first-order chi connectivity index (χ1) is 11.0. The summed E-state index contributed by atoms with van der Waals surface area (Å²) in [5, 5.41) is 21.2. The first-order valence-corrected chi connectivity index (χ1v) is 6.97. The molecule has 0 spiro atoms. The van der Waals surface area contributed by atoms with Gasteiger partial charge in [-0.25, -0.2) is 8.78 Å². The van der Waals surface area contributed by atoms with Gasteiger partial charge in [-0.15, -0.1) is 0 Å². The third-order valence-electron chi connectivity index (χ3n) is 3.89. The molecule has 1 aliphatic carbocycles. The summed E-state index contributed by atoms with van der Waals surface area (Å²) >= 11 is 0. The number of carbonyl (C=O) groups is 1. The summed E-state index contributed by atoms with van der Waals surface area (Å²) in [5.74, 6) is -3.19. The summed E-state index contributed by atoms with van der Waals surface area (Å²) < 4.78 is 27.8. The highest BCUT2D eigenvalue weighted by molar-refractivity contribution is 5.95. The molecule has 1 aliphatic rings. The van der Waals surface area contributed by atoms with Crippen molar-refractivity contribution < 1.29 is 18.7 Å². The second-order valence-corrected chi connectivity index (χ2v) is 5.35. The smallest absolute Gasteiger partial charge is 0.257 e. The van der Waals surface area contributed by atoms with Crippen molar-refractivity contribution in [1.82, 2.24) is 5.32 Å². The summed E-state index contributed by atoms with van der Waals surface area (Å²) in [5.41, 5.74) is 0.636. The van der Waals surface area contributed by atoms with Crippen LogP contribution in [0.5, 0.6) is 0 Å². The van der Waals surface area contributed by atoms with E-state index in [9.17, 15) is 18.7 Å². The number of rotatable bonds is 2. The molecule has 0 bridgehead atoms. The van der Waals surface area contributed by atoms with Gasteiger partial charge in [-0.2, -0.15) is 5.26 Å². The lowest BCUT2D eigenvalue weighted by atomic mass is 10.1. The Labute approximate surface area is 131 Å². The number of nitrogens with zero attached hydrogens (tertiary/aromatic N) is 1. The molecule has 0 radical (unpaired) electrons. The van der Waals surface area contributed by atoms with Crippen LogP contribution in [0.2, 0.25) is 0 Å². The van der Waals surface area contributed by atoms with Gasteiger partial charge in [-0.05, 0) is 23.3 Å². The molecule has 2 atom stereocenters. The van der Waals surface area contributed by atoms with Crippen LogP contribution in [0.25, 0.3) is 0 Å². The molecule has 23 heavy (non-hydrogen) atoms. The molecule has 0 saturated carbocycles. The van der Waals surface area contributed by atoms with Crippen LogP contribution < -0.4 is 5.32 Å². The number of fused-ring (bicyclic) bond motifs is 1. The van der Waals surface area contributed by atoms with Crippen LogP contribution in [0, 0.1) is 23.0 Å². The number of hydrogen-bond donors (Lipinski definition) is 2. The quantitative estimate of drug-likeness (QED) is 0.893. The van der Waals surface area contributed by atoms with Crippen molar-refractivity contribution in [1.29, 1.82) is 5.26 Å². The van der Waals surface area contributed by atoms with E-state index in [1.807, 2.05) is 12.1 Å². The molecule has 0 fully saturated rings. The van der Waals surface area contributed by atoms with Crippen molar-refractivity contribution in [2.24, 2.45) is 0 Å². The average Bonchev–Trinajstić information content (AvgIpc) is 2.82. The lowest BCUT2D eigenvalue weighted by molar-refractivity contribution is 0.0850. The monoisotopic (exact) mass is 314 g/mol. The van der Waals surface area contributed by atoms with Gasteiger partial charge in [0.15, 0.2) is 0 Å². The highest BCUT2D eigenvalue weighted by Crippen LogP contribution is 2.31. The molecular formula is C17H12F2N2O2. The van der Waals surface area contributed by atoms with Crippen molar-refractivity contribution in [3.63, 3.8) is 0 Å². The van der Waals surface area contributed by atoms with Crippen molar-refractivity contribution in [3.05, 3.63) is 70.3 Å². The predicted molar refractivity (Wildman–Crippen MR) is 77.4 cm³/mol. The first-order valence-electron chi connectivity index (χ1n) is 6.97. The topological polar surface area (TPSA) is 73.1 Å². The molecule has 4 nitrogen and oxygen atoms in total. The Bertz CT molecular complexity index is 807. The minimum atomic E-state index is -1.11. The fraction of sp³-hybridized carbons (Fsp3) is 0.176. The highest BCUT2D eigenvalue weighted by Gasteiger charge is 2.33. The highest BCUT2D eigenvalue weighted by atomic mass is 19.1. The third-order valence-corrected chi connectivity index (χ3v) is 3.89. The lowest BCUT2D eigenvalue weighted by Gasteiger charge is -2.18.